The topological polar surface area (TPSA) is 32.3 Å². The lowest BCUT2D eigenvalue weighted by Crippen LogP contribution is -2.48. The summed E-state index contributed by atoms with van der Waals surface area (Å²) >= 11 is 12.0. The molecule has 1 unspecified atom stereocenters. The fraction of sp³-hybridized carbons (Fsp3) is 0.625. The van der Waals surface area contributed by atoms with Gasteiger partial charge < -0.3 is 10.4 Å². The molecule has 1 aliphatic carbocycles. The summed E-state index contributed by atoms with van der Waals surface area (Å²) in [6, 6.07) is 3.04. The number of hydrogen-bond donors (Lipinski definition) is 2. The zero-order valence-electron chi connectivity index (χ0n) is 12.3. The maximum Gasteiger partial charge on any atom is 0.142 e. The van der Waals surface area contributed by atoms with Crippen LogP contribution in [0.4, 0.5) is 4.39 Å². The molecule has 0 aliphatic heterocycles. The van der Waals surface area contributed by atoms with E-state index in [0.717, 1.165) is 12.8 Å². The summed E-state index contributed by atoms with van der Waals surface area (Å²) in [5, 5.41) is 13.7. The number of aliphatic hydroxyl groups is 1. The highest BCUT2D eigenvalue weighted by atomic mass is 35.5. The van der Waals surface area contributed by atoms with Crippen LogP contribution < -0.4 is 5.32 Å². The van der Waals surface area contributed by atoms with Gasteiger partial charge in [0.25, 0.3) is 0 Å². The van der Waals surface area contributed by atoms with Crippen LogP contribution in [0.1, 0.15) is 51.0 Å². The lowest BCUT2D eigenvalue weighted by molar-refractivity contribution is 0.156. The van der Waals surface area contributed by atoms with Crippen molar-refractivity contribution in [3.05, 3.63) is 33.6 Å². The van der Waals surface area contributed by atoms with Crippen LogP contribution in [-0.4, -0.2) is 17.8 Å². The van der Waals surface area contributed by atoms with Crippen LogP contribution in [0.25, 0.3) is 0 Å². The van der Waals surface area contributed by atoms with Crippen LogP contribution in [0.2, 0.25) is 10.0 Å². The van der Waals surface area contributed by atoms with Gasteiger partial charge in [-0.15, -0.1) is 0 Å². The quantitative estimate of drug-likeness (QED) is 0.620. The molecule has 0 spiro atoms. The number of aliphatic hydroxyl groups excluding tert-OH is 1. The van der Waals surface area contributed by atoms with Gasteiger partial charge in [0.15, 0.2) is 0 Å². The summed E-state index contributed by atoms with van der Waals surface area (Å²) < 4.78 is 13.8. The first kappa shape index (κ1) is 17.0. The lowest BCUT2D eigenvalue weighted by Gasteiger charge is -2.34. The van der Waals surface area contributed by atoms with Crippen LogP contribution in [0.3, 0.4) is 0 Å². The number of rotatable bonds is 4. The molecule has 5 heteroatoms. The van der Waals surface area contributed by atoms with Gasteiger partial charge >= 0.3 is 0 Å². The second-order valence-corrected chi connectivity index (χ2v) is 6.88. The molecule has 1 atom stereocenters. The van der Waals surface area contributed by atoms with E-state index in [2.05, 4.69) is 5.32 Å². The van der Waals surface area contributed by atoms with Crippen molar-refractivity contribution in [2.45, 2.75) is 57.0 Å². The molecular formula is C16H22Cl2FNO. The molecular weight excluding hydrogens is 312 g/mol. The Hall–Kier alpha value is -0.350. The first-order chi connectivity index (χ1) is 9.96. The maximum absolute atomic E-state index is 13.8. The number of halogens is 3. The van der Waals surface area contributed by atoms with Crippen molar-refractivity contribution < 1.29 is 9.50 Å². The van der Waals surface area contributed by atoms with Gasteiger partial charge in [0.05, 0.1) is 17.2 Å². The third kappa shape index (κ3) is 4.10. The van der Waals surface area contributed by atoms with Gasteiger partial charge in [-0.05, 0) is 37.5 Å². The molecule has 1 aromatic carbocycles. The molecule has 1 fully saturated rings. The van der Waals surface area contributed by atoms with Gasteiger partial charge in [-0.2, -0.15) is 0 Å². The van der Waals surface area contributed by atoms with E-state index in [9.17, 15) is 9.50 Å². The maximum atomic E-state index is 13.8. The Morgan fingerprint density at radius 2 is 1.81 bits per heavy atom. The summed E-state index contributed by atoms with van der Waals surface area (Å²) in [7, 11) is 0. The number of nitrogens with one attached hydrogen (secondary N) is 1. The summed E-state index contributed by atoms with van der Waals surface area (Å²) in [6.45, 7) is 1.71. The van der Waals surface area contributed by atoms with E-state index in [1.165, 1.54) is 37.8 Å². The highest BCUT2D eigenvalue weighted by Crippen LogP contribution is 2.33. The van der Waals surface area contributed by atoms with E-state index in [-0.39, 0.29) is 11.6 Å². The summed E-state index contributed by atoms with van der Waals surface area (Å²) in [6.07, 6.45) is 7.02. The minimum absolute atomic E-state index is 0.00138. The van der Waals surface area contributed by atoms with Gasteiger partial charge in [-0.3, -0.25) is 0 Å². The molecule has 0 bridgehead atoms. The Morgan fingerprint density at radius 3 is 2.38 bits per heavy atom. The van der Waals surface area contributed by atoms with Crippen molar-refractivity contribution in [3.8, 4) is 0 Å². The SMILES string of the molecule is CC(CO)(NC1CCCCCC1)c1cc(F)c(Cl)cc1Cl. The molecule has 21 heavy (non-hydrogen) atoms. The van der Waals surface area contributed by atoms with Gasteiger partial charge in [0.1, 0.15) is 5.82 Å². The molecule has 1 aliphatic rings. The first-order valence-corrected chi connectivity index (χ1v) is 8.25. The Kier molecular flexibility index (Phi) is 5.89. The average Bonchev–Trinajstić information content (AvgIpc) is 2.71. The Morgan fingerprint density at radius 1 is 1.19 bits per heavy atom. The summed E-state index contributed by atoms with van der Waals surface area (Å²) in [5.41, 5.74) is -0.213. The highest BCUT2D eigenvalue weighted by Gasteiger charge is 2.31. The molecule has 1 saturated carbocycles. The fourth-order valence-corrected chi connectivity index (χ4v) is 3.62. The molecule has 0 saturated heterocycles. The van der Waals surface area contributed by atoms with Gasteiger partial charge in [0, 0.05) is 11.1 Å². The molecule has 0 heterocycles. The molecule has 0 radical (unpaired) electrons. The van der Waals surface area contributed by atoms with E-state index in [0.29, 0.717) is 16.6 Å². The van der Waals surface area contributed by atoms with Crippen molar-refractivity contribution in [2.75, 3.05) is 6.61 Å². The van der Waals surface area contributed by atoms with Gasteiger partial charge in [-0.1, -0.05) is 48.9 Å². The predicted molar refractivity (Wildman–Crippen MR) is 85.5 cm³/mol. The smallest absolute Gasteiger partial charge is 0.142 e. The van der Waals surface area contributed by atoms with E-state index in [4.69, 9.17) is 23.2 Å². The van der Waals surface area contributed by atoms with Gasteiger partial charge in [-0.25, -0.2) is 4.39 Å². The van der Waals surface area contributed by atoms with E-state index in [1.54, 1.807) is 0 Å². The number of benzene rings is 1. The van der Waals surface area contributed by atoms with Crippen LogP contribution in [-0.2, 0) is 5.54 Å². The summed E-state index contributed by atoms with van der Waals surface area (Å²) in [5.74, 6) is -0.515. The highest BCUT2D eigenvalue weighted by molar-refractivity contribution is 6.35. The second kappa shape index (κ2) is 7.28. The standard InChI is InChI=1S/C16H22Cl2FNO/c1-16(10-21,20-11-6-4-2-3-5-7-11)12-8-15(19)14(18)9-13(12)17/h8-9,11,20-21H,2-7,10H2,1H3. The minimum Gasteiger partial charge on any atom is -0.394 e. The van der Waals surface area contributed by atoms with Gasteiger partial charge in [0.2, 0.25) is 0 Å². The minimum atomic E-state index is -0.766. The molecule has 2 N–H and O–H groups in total. The average molecular weight is 334 g/mol. The van der Waals surface area contributed by atoms with Crippen molar-refractivity contribution in [3.63, 3.8) is 0 Å². The van der Waals surface area contributed by atoms with Crippen molar-refractivity contribution in [2.24, 2.45) is 0 Å². The third-order valence-corrected chi connectivity index (χ3v) is 4.90. The van der Waals surface area contributed by atoms with Crippen LogP contribution in [0, 0.1) is 5.82 Å². The molecule has 2 rings (SSSR count). The van der Waals surface area contributed by atoms with Crippen molar-refractivity contribution >= 4 is 23.2 Å². The Balaban J connectivity index is 2.25. The zero-order chi connectivity index (χ0) is 15.5. The summed E-state index contributed by atoms with van der Waals surface area (Å²) in [4.78, 5) is 0. The normalized spacial score (nSPS) is 20.0. The molecule has 0 aromatic heterocycles. The fourth-order valence-electron chi connectivity index (χ4n) is 3.03. The third-order valence-electron chi connectivity index (χ3n) is 4.30. The Labute approximate surface area is 135 Å². The predicted octanol–water partition coefficient (Wildman–Crippen LogP) is 4.65. The molecule has 118 valence electrons. The molecule has 0 amide bonds. The van der Waals surface area contributed by atoms with Crippen LogP contribution >= 0.6 is 23.2 Å². The van der Waals surface area contributed by atoms with E-state index in [1.807, 2.05) is 6.92 Å². The zero-order valence-corrected chi connectivity index (χ0v) is 13.8. The monoisotopic (exact) mass is 333 g/mol. The largest absolute Gasteiger partial charge is 0.394 e. The first-order valence-electron chi connectivity index (χ1n) is 7.50. The molecule has 1 aromatic rings. The molecule has 2 nitrogen and oxygen atoms in total. The Bertz CT molecular complexity index is 489. The van der Waals surface area contributed by atoms with Crippen molar-refractivity contribution in [1.82, 2.24) is 5.32 Å². The number of hydrogen-bond acceptors (Lipinski definition) is 2. The van der Waals surface area contributed by atoms with Crippen LogP contribution in [0.15, 0.2) is 12.1 Å². The van der Waals surface area contributed by atoms with E-state index >= 15 is 0 Å². The van der Waals surface area contributed by atoms with Crippen molar-refractivity contribution in [1.29, 1.82) is 0 Å². The second-order valence-electron chi connectivity index (χ2n) is 6.07. The van der Waals surface area contributed by atoms with E-state index < -0.39 is 11.4 Å². The van der Waals surface area contributed by atoms with Crippen LogP contribution in [0.5, 0.6) is 0 Å². The lowest BCUT2D eigenvalue weighted by atomic mass is 9.90.